The summed E-state index contributed by atoms with van der Waals surface area (Å²) in [6, 6.07) is 11.4. The van der Waals surface area contributed by atoms with Crippen LogP contribution in [0, 0.1) is 0 Å². The Bertz CT molecular complexity index is 1010. The quantitative estimate of drug-likeness (QED) is 0.709. The predicted octanol–water partition coefficient (Wildman–Crippen LogP) is 3.71. The maximum Gasteiger partial charge on any atom is 0.251 e. The molecule has 1 amide bonds. The van der Waals surface area contributed by atoms with Gasteiger partial charge in [0.15, 0.2) is 11.5 Å². The molecule has 0 unspecified atom stereocenters. The smallest absolute Gasteiger partial charge is 0.251 e. The summed E-state index contributed by atoms with van der Waals surface area (Å²) in [6.45, 7) is 3.93. The van der Waals surface area contributed by atoms with E-state index >= 15 is 0 Å². The Morgan fingerprint density at radius 2 is 2.07 bits per heavy atom. The molecule has 2 aromatic carbocycles. The Labute approximate surface area is 164 Å². The Kier molecular flexibility index (Phi) is 5.19. The summed E-state index contributed by atoms with van der Waals surface area (Å²) < 4.78 is 13.2. The number of benzene rings is 2. The number of nitrogens with one attached hydrogen (secondary N) is 1. The molecule has 0 fully saturated rings. The number of methoxy groups -OCH3 is 1. The number of aryl methyl sites for hydroxylation is 2. The van der Waals surface area contributed by atoms with Gasteiger partial charge in [0.05, 0.1) is 24.8 Å². The predicted molar refractivity (Wildman–Crippen MR) is 108 cm³/mol. The number of amides is 1. The SMILES string of the molecule is CCOc1ccc(CNC(=O)c2ccc3c(c2)nc2n3CCCC2)cc1OC. The molecular weight excluding hydrogens is 354 g/mol. The zero-order chi connectivity index (χ0) is 19.5. The van der Waals surface area contributed by atoms with Crippen molar-refractivity contribution >= 4 is 16.9 Å². The number of carbonyl (C=O) groups excluding carboxylic acids is 1. The van der Waals surface area contributed by atoms with Crippen LogP contribution in [0.4, 0.5) is 0 Å². The van der Waals surface area contributed by atoms with Crippen LogP contribution in [0.5, 0.6) is 11.5 Å². The van der Waals surface area contributed by atoms with Gasteiger partial charge in [-0.3, -0.25) is 4.79 Å². The minimum absolute atomic E-state index is 0.110. The summed E-state index contributed by atoms with van der Waals surface area (Å²) in [5, 5.41) is 2.97. The van der Waals surface area contributed by atoms with Crippen LogP contribution in [0.15, 0.2) is 36.4 Å². The number of hydrogen-bond acceptors (Lipinski definition) is 4. The first-order chi connectivity index (χ1) is 13.7. The van der Waals surface area contributed by atoms with Crippen LogP contribution >= 0.6 is 0 Å². The summed E-state index contributed by atoms with van der Waals surface area (Å²) in [6.07, 6.45) is 3.38. The van der Waals surface area contributed by atoms with E-state index in [0.29, 0.717) is 30.2 Å². The van der Waals surface area contributed by atoms with E-state index in [9.17, 15) is 4.79 Å². The van der Waals surface area contributed by atoms with E-state index < -0.39 is 0 Å². The van der Waals surface area contributed by atoms with Crippen LogP contribution in [0.2, 0.25) is 0 Å². The summed E-state index contributed by atoms with van der Waals surface area (Å²) in [5.74, 6) is 2.38. The average molecular weight is 379 g/mol. The number of ether oxygens (including phenoxy) is 2. The second-order valence-electron chi connectivity index (χ2n) is 6.94. The van der Waals surface area contributed by atoms with Gasteiger partial charge in [0, 0.05) is 25.1 Å². The Balaban J connectivity index is 1.48. The highest BCUT2D eigenvalue weighted by atomic mass is 16.5. The lowest BCUT2D eigenvalue weighted by molar-refractivity contribution is 0.0951. The highest BCUT2D eigenvalue weighted by Crippen LogP contribution is 2.28. The number of carbonyl (C=O) groups is 1. The molecule has 0 aliphatic carbocycles. The molecule has 1 N–H and O–H groups in total. The van der Waals surface area contributed by atoms with Crippen molar-refractivity contribution in [1.29, 1.82) is 0 Å². The Morgan fingerprint density at radius 1 is 1.18 bits per heavy atom. The van der Waals surface area contributed by atoms with Gasteiger partial charge in [-0.2, -0.15) is 0 Å². The van der Waals surface area contributed by atoms with Crippen LogP contribution in [0.25, 0.3) is 11.0 Å². The van der Waals surface area contributed by atoms with Crippen molar-refractivity contribution in [3.63, 3.8) is 0 Å². The second-order valence-corrected chi connectivity index (χ2v) is 6.94. The fourth-order valence-corrected chi connectivity index (χ4v) is 3.70. The number of hydrogen-bond donors (Lipinski definition) is 1. The molecule has 28 heavy (non-hydrogen) atoms. The first-order valence-corrected chi connectivity index (χ1v) is 9.76. The topological polar surface area (TPSA) is 65.4 Å². The fourth-order valence-electron chi connectivity index (χ4n) is 3.70. The van der Waals surface area contributed by atoms with Crippen molar-refractivity contribution in [2.24, 2.45) is 0 Å². The minimum Gasteiger partial charge on any atom is -0.493 e. The summed E-state index contributed by atoms with van der Waals surface area (Å²) in [4.78, 5) is 17.3. The van der Waals surface area contributed by atoms with E-state index in [-0.39, 0.29) is 5.91 Å². The molecule has 1 aromatic heterocycles. The molecule has 1 aliphatic heterocycles. The minimum atomic E-state index is -0.110. The molecular formula is C22H25N3O3. The van der Waals surface area contributed by atoms with Gasteiger partial charge >= 0.3 is 0 Å². The van der Waals surface area contributed by atoms with Gasteiger partial charge in [-0.15, -0.1) is 0 Å². The Hall–Kier alpha value is -3.02. The van der Waals surface area contributed by atoms with Gasteiger partial charge < -0.3 is 19.4 Å². The Morgan fingerprint density at radius 3 is 2.89 bits per heavy atom. The molecule has 0 saturated heterocycles. The van der Waals surface area contributed by atoms with Crippen molar-refractivity contribution in [2.45, 2.75) is 39.3 Å². The van der Waals surface area contributed by atoms with Crippen LogP contribution < -0.4 is 14.8 Å². The molecule has 6 nitrogen and oxygen atoms in total. The van der Waals surface area contributed by atoms with E-state index in [1.165, 1.54) is 12.8 Å². The fraction of sp³-hybridized carbons (Fsp3) is 0.364. The van der Waals surface area contributed by atoms with Gasteiger partial charge in [0.1, 0.15) is 5.82 Å². The zero-order valence-electron chi connectivity index (χ0n) is 16.3. The second kappa shape index (κ2) is 7.92. The molecule has 4 rings (SSSR count). The third kappa shape index (κ3) is 3.54. The number of imidazole rings is 1. The van der Waals surface area contributed by atoms with Gasteiger partial charge in [0.25, 0.3) is 5.91 Å². The molecule has 3 aromatic rings. The van der Waals surface area contributed by atoms with Crippen LogP contribution in [0.1, 0.15) is 41.5 Å². The van der Waals surface area contributed by atoms with Gasteiger partial charge in [-0.1, -0.05) is 6.07 Å². The van der Waals surface area contributed by atoms with Crippen molar-refractivity contribution in [1.82, 2.24) is 14.9 Å². The largest absolute Gasteiger partial charge is 0.493 e. The van der Waals surface area contributed by atoms with Crippen LogP contribution in [-0.4, -0.2) is 29.2 Å². The molecule has 0 bridgehead atoms. The van der Waals surface area contributed by atoms with E-state index in [0.717, 1.165) is 35.4 Å². The molecule has 6 heteroatoms. The van der Waals surface area contributed by atoms with Crippen molar-refractivity contribution in [2.75, 3.05) is 13.7 Å². The maximum absolute atomic E-state index is 12.6. The van der Waals surface area contributed by atoms with Crippen molar-refractivity contribution < 1.29 is 14.3 Å². The van der Waals surface area contributed by atoms with Gasteiger partial charge in [-0.25, -0.2) is 4.98 Å². The number of rotatable bonds is 6. The molecule has 1 aliphatic rings. The van der Waals surface area contributed by atoms with Crippen molar-refractivity contribution in [3.8, 4) is 11.5 Å². The van der Waals surface area contributed by atoms with E-state index in [1.54, 1.807) is 7.11 Å². The number of aromatic nitrogens is 2. The van der Waals surface area contributed by atoms with E-state index in [2.05, 4.69) is 9.88 Å². The third-order valence-electron chi connectivity index (χ3n) is 5.10. The van der Waals surface area contributed by atoms with Crippen LogP contribution in [0.3, 0.4) is 0 Å². The maximum atomic E-state index is 12.6. The van der Waals surface area contributed by atoms with Gasteiger partial charge in [-0.05, 0) is 55.7 Å². The number of nitrogens with zero attached hydrogens (tertiary/aromatic N) is 2. The number of fused-ring (bicyclic) bond motifs is 3. The van der Waals surface area contributed by atoms with E-state index in [4.69, 9.17) is 14.5 Å². The van der Waals surface area contributed by atoms with Crippen LogP contribution in [-0.2, 0) is 19.5 Å². The summed E-state index contributed by atoms with van der Waals surface area (Å²) >= 11 is 0. The monoisotopic (exact) mass is 379 g/mol. The molecule has 0 radical (unpaired) electrons. The molecule has 0 saturated carbocycles. The molecule has 2 heterocycles. The molecule has 146 valence electrons. The normalized spacial score (nSPS) is 13.2. The zero-order valence-corrected chi connectivity index (χ0v) is 16.3. The van der Waals surface area contributed by atoms with Crippen molar-refractivity contribution in [3.05, 3.63) is 53.3 Å². The highest BCUT2D eigenvalue weighted by molar-refractivity contribution is 5.97. The standard InChI is InChI=1S/C22H25N3O3/c1-3-28-19-10-7-15(12-20(19)27-2)14-23-22(26)16-8-9-18-17(13-16)24-21-6-4-5-11-25(18)21/h7-10,12-13H,3-6,11,14H2,1-2H3,(H,23,26). The van der Waals surface area contributed by atoms with E-state index in [1.807, 2.05) is 43.3 Å². The van der Waals surface area contributed by atoms with Gasteiger partial charge in [0.2, 0.25) is 0 Å². The average Bonchev–Trinajstić information content (AvgIpc) is 3.10. The highest BCUT2D eigenvalue weighted by Gasteiger charge is 2.16. The lowest BCUT2D eigenvalue weighted by Gasteiger charge is -2.13. The first-order valence-electron chi connectivity index (χ1n) is 9.76. The first kappa shape index (κ1) is 18.3. The lowest BCUT2D eigenvalue weighted by Crippen LogP contribution is -2.22. The molecule has 0 spiro atoms. The third-order valence-corrected chi connectivity index (χ3v) is 5.10. The summed E-state index contributed by atoms with van der Waals surface area (Å²) in [5.41, 5.74) is 3.59. The molecule has 0 atom stereocenters. The lowest BCUT2D eigenvalue weighted by atomic mass is 10.1. The summed E-state index contributed by atoms with van der Waals surface area (Å²) in [7, 11) is 1.61.